The third-order valence-electron chi connectivity index (χ3n) is 9.41. The van der Waals surface area contributed by atoms with Gasteiger partial charge >= 0.3 is 0 Å². The van der Waals surface area contributed by atoms with Crippen molar-refractivity contribution in [3.05, 3.63) is 23.8 Å². The number of nitrogens with one attached hydrogen (secondary N) is 2. The van der Waals surface area contributed by atoms with Crippen molar-refractivity contribution < 1.29 is 14.4 Å². The van der Waals surface area contributed by atoms with Crippen LogP contribution in [0.5, 0.6) is 0 Å². The lowest BCUT2D eigenvalue weighted by molar-refractivity contribution is -0.125. The third kappa shape index (κ3) is 8.04. The summed E-state index contributed by atoms with van der Waals surface area (Å²) in [7, 11) is 4.01. The van der Waals surface area contributed by atoms with E-state index in [1.807, 2.05) is 21.0 Å². The first-order chi connectivity index (χ1) is 19.4. The number of carbonyl (C=O) groups excluding carboxylic acids is 3. The average molecular weight is 555 g/mol. The second-order valence-corrected chi connectivity index (χ2v) is 12.3. The molecule has 0 bridgehead atoms. The molecule has 0 radical (unpaired) electrons. The molecular formula is C31H50N6O3. The molecule has 0 spiro atoms. The van der Waals surface area contributed by atoms with Crippen LogP contribution >= 0.6 is 0 Å². The van der Waals surface area contributed by atoms with Crippen molar-refractivity contribution in [2.45, 2.75) is 76.3 Å². The zero-order valence-electron chi connectivity index (χ0n) is 24.8. The smallest absolute Gasteiger partial charge is 0.226 e. The number of piperidine rings is 3. The van der Waals surface area contributed by atoms with Crippen molar-refractivity contribution in [2.24, 2.45) is 5.92 Å². The highest BCUT2D eigenvalue weighted by molar-refractivity contribution is 5.87. The zero-order chi connectivity index (χ0) is 28.5. The van der Waals surface area contributed by atoms with Gasteiger partial charge in [0.1, 0.15) is 0 Å². The summed E-state index contributed by atoms with van der Waals surface area (Å²) in [6, 6.07) is 7.11. The molecule has 1 aromatic carbocycles. The van der Waals surface area contributed by atoms with Gasteiger partial charge < -0.3 is 24.9 Å². The van der Waals surface area contributed by atoms with Crippen LogP contribution in [-0.4, -0.2) is 101 Å². The number of carbonyl (C=O) groups is 3. The van der Waals surface area contributed by atoms with Gasteiger partial charge in [-0.2, -0.15) is 0 Å². The van der Waals surface area contributed by atoms with Crippen LogP contribution in [0.3, 0.4) is 0 Å². The Balaban J connectivity index is 1.29. The van der Waals surface area contributed by atoms with Gasteiger partial charge in [0.2, 0.25) is 18.7 Å². The maximum atomic E-state index is 12.1. The van der Waals surface area contributed by atoms with E-state index in [1.165, 1.54) is 76.8 Å². The van der Waals surface area contributed by atoms with Gasteiger partial charge in [-0.1, -0.05) is 6.07 Å². The van der Waals surface area contributed by atoms with Crippen LogP contribution < -0.4 is 20.4 Å². The summed E-state index contributed by atoms with van der Waals surface area (Å²) in [6.45, 7) is 10.4. The molecule has 9 nitrogen and oxygen atoms in total. The fraction of sp³-hybridized carbons (Fsp3) is 0.710. The van der Waals surface area contributed by atoms with E-state index in [0.29, 0.717) is 18.7 Å². The van der Waals surface area contributed by atoms with Gasteiger partial charge in [-0.3, -0.25) is 19.7 Å². The minimum Gasteiger partial charge on any atom is -0.376 e. The van der Waals surface area contributed by atoms with Gasteiger partial charge in [-0.05, 0) is 121 Å². The number of hydrogen-bond donors (Lipinski definition) is 2. The minimum atomic E-state index is -0.329. The molecule has 1 aromatic rings. The van der Waals surface area contributed by atoms with E-state index in [1.54, 1.807) is 4.90 Å². The SMILES string of the molecule is CC(CCC(=O)NC=O)N(C=O)c1ccc(C2CCN(CC3CCN(C4CCNCC4)CC3)CC2)cc1N(C)C. The van der Waals surface area contributed by atoms with Crippen LogP contribution in [0.25, 0.3) is 0 Å². The van der Waals surface area contributed by atoms with Gasteiger partial charge in [0.15, 0.2) is 0 Å². The molecule has 3 saturated heterocycles. The van der Waals surface area contributed by atoms with Crippen LogP contribution in [0, 0.1) is 5.92 Å². The summed E-state index contributed by atoms with van der Waals surface area (Å²) in [5.74, 6) is 1.03. The Labute approximate surface area is 240 Å². The number of hydrogen-bond acceptors (Lipinski definition) is 7. The molecule has 0 aromatic heterocycles. The van der Waals surface area contributed by atoms with E-state index in [0.717, 1.165) is 42.8 Å². The van der Waals surface area contributed by atoms with Crippen molar-refractivity contribution in [1.82, 2.24) is 20.4 Å². The highest BCUT2D eigenvalue weighted by atomic mass is 16.2. The van der Waals surface area contributed by atoms with Crippen LogP contribution in [0.1, 0.15) is 69.8 Å². The standard InChI is InChI=1S/C31H50N6O3/c1-24(4-7-31(40)33-22-38)37(23-39)29-6-5-27(20-30(29)34(2)3)26-12-16-35(17-13-26)21-25-10-18-36(19-11-25)28-8-14-32-15-9-28/h5-6,20,22-26,28,32H,4,7-19,21H2,1-3H3,(H,33,38,40). The van der Waals surface area contributed by atoms with Crippen molar-refractivity contribution in [1.29, 1.82) is 0 Å². The summed E-state index contributed by atoms with van der Waals surface area (Å²) in [4.78, 5) is 43.6. The quantitative estimate of drug-likeness (QED) is 0.384. The molecule has 3 aliphatic rings. The Bertz CT molecular complexity index is 966. The molecule has 1 unspecified atom stereocenters. The van der Waals surface area contributed by atoms with E-state index in [4.69, 9.17) is 0 Å². The number of rotatable bonds is 12. The fourth-order valence-electron chi connectivity index (χ4n) is 6.87. The predicted octanol–water partition coefficient (Wildman–Crippen LogP) is 2.80. The van der Waals surface area contributed by atoms with Crippen molar-refractivity contribution in [3.63, 3.8) is 0 Å². The Morgan fingerprint density at radius 3 is 2.35 bits per heavy atom. The Morgan fingerprint density at radius 2 is 1.73 bits per heavy atom. The lowest BCUT2D eigenvalue weighted by Crippen LogP contribution is -2.48. The van der Waals surface area contributed by atoms with E-state index in [9.17, 15) is 14.4 Å². The van der Waals surface area contributed by atoms with Gasteiger partial charge in [0, 0.05) is 39.1 Å². The molecule has 222 valence electrons. The molecule has 0 saturated carbocycles. The van der Waals surface area contributed by atoms with E-state index in [-0.39, 0.29) is 18.4 Å². The van der Waals surface area contributed by atoms with Gasteiger partial charge in [-0.25, -0.2) is 0 Å². The maximum absolute atomic E-state index is 12.1. The lowest BCUT2D eigenvalue weighted by atomic mass is 9.87. The molecule has 9 heteroatoms. The van der Waals surface area contributed by atoms with Crippen molar-refractivity contribution in [3.8, 4) is 0 Å². The topological polar surface area (TPSA) is 88.2 Å². The van der Waals surface area contributed by atoms with Crippen LogP contribution in [-0.2, 0) is 14.4 Å². The summed E-state index contributed by atoms with van der Waals surface area (Å²) in [5, 5.41) is 5.66. The summed E-state index contributed by atoms with van der Waals surface area (Å²) in [6.07, 6.45) is 9.54. The summed E-state index contributed by atoms with van der Waals surface area (Å²) < 4.78 is 0. The average Bonchev–Trinajstić information content (AvgIpc) is 2.98. The van der Waals surface area contributed by atoms with E-state index < -0.39 is 0 Å². The monoisotopic (exact) mass is 554 g/mol. The molecule has 4 rings (SSSR count). The second-order valence-electron chi connectivity index (χ2n) is 12.3. The number of amides is 3. The van der Waals surface area contributed by atoms with E-state index >= 15 is 0 Å². The van der Waals surface area contributed by atoms with Gasteiger partial charge in [-0.15, -0.1) is 0 Å². The van der Waals surface area contributed by atoms with Crippen molar-refractivity contribution in [2.75, 3.05) is 69.7 Å². The number of benzene rings is 1. The van der Waals surface area contributed by atoms with Gasteiger partial charge in [0.25, 0.3) is 0 Å². The first-order valence-electron chi connectivity index (χ1n) is 15.3. The third-order valence-corrected chi connectivity index (χ3v) is 9.41. The Kier molecular flexibility index (Phi) is 11.4. The highest BCUT2D eigenvalue weighted by Gasteiger charge is 2.29. The molecule has 3 amide bonds. The lowest BCUT2D eigenvalue weighted by Gasteiger charge is -2.41. The van der Waals surface area contributed by atoms with Crippen LogP contribution in [0.15, 0.2) is 18.2 Å². The molecule has 1 atom stereocenters. The van der Waals surface area contributed by atoms with Crippen molar-refractivity contribution >= 4 is 30.1 Å². The molecule has 40 heavy (non-hydrogen) atoms. The first kappa shape index (κ1) is 30.5. The fourth-order valence-corrected chi connectivity index (χ4v) is 6.87. The van der Waals surface area contributed by atoms with Gasteiger partial charge in [0.05, 0.1) is 11.4 Å². The minimum absolute atomic E-state index is 0.172. The number of anilines is 2. The molecule has 3 aliphatic heterocycles. The predicted molar refractivity (Wildman–Crippen MR) is 161 cm³/mol. The number of likely N-dealkylation sites (tertiary alicyclic amines) is 2. The molecule has 3 heterocycles. The largest absolute Gasteiger partial charge is 0.376 e. The summed E-state index contributed by atoms with van der Waals surface area (Å²) >= 11 is 0. The first-order valence-corrected chi connectivity index (χ1v) is 15.3. The van der Waals surface area contributed by atoms with Crippen LogP contribution in [0.2, 0.25) is 0 Å². The highest BCUT2D eigenvalue weighted by Crippen LogP contribution is 2.36. The maximum Gasteiger partial charge on any atom is 0.226 e. The Morgan fingerprint density at radius 1 is 1.02 bits per heavy atom. The molecule has 2 N–H and O–H groups in total. The molecular weight excluding hydrogens is 504 g/mol. The zero-order valence-corrected chi connectivity index (χ0v) is 24.8. The number of imide groups is 1. The summed E-state index contributed by atoms with van der Waals surface area (Å²) in [5.41, 5.74) is 3.20. The molecule has 3 fully saturated rings. The second kappa shape index (κ2) is 14.9. The van der Waals surface area contributed by atoms with E-state index in [2.05, 4.69) is 43.5 Å². The van der Waals surface area contributed by atoms with Crippen LogP contribution in [0.4, 0.5) is 11.4 Å². The molecule has 0 aliphatic carbocycles. The normalized spacial score (nSPS) is 21.1. The Hall–Kier alpha value is -2.49. The number of nitrogens with zero attached hydrogens (tertiary/aromatic N) is 4.